The van der Waals surface area contributed by atoms with E-state index in [0.29, 0.717) is 11.3 Å². The quantitative estimate of drug-likeness (QED) is 0.702. The molecular formula is C9H9N3O2. The number of aryl methyl sites for hydroxylation is 1. The zero-order valence-electron chi connectivity index (χ0n) is 7.56. The number of carboxylic acids is 1. The highest BCUT2D eigenvalue weighted by molar-refractivity contribution is 5.87. The molecule has 0 aliphatic rings. The van der Waals surface area contributed by atoms with Crippen molar-refractivity contribution in [3.63, 3.8) is 0 Å². The van der Waals surface area contributed by atoms with Crippen LogP contribution in [0.2, 0.25) is 0 Å². The largest absolute Gasteiger partial charge is 0.476 e. The van der Waals surface area contributed by atoms with E-state index in [-0.39, 0.29) is 5.69 Å². The van der Waals surface area contributed by atoms with Gasteiger partial charge in [0.2, 0.25) is 0 Å². The first-order chi connectivity index (χ1) is 6.59. The Morgan fingerprint density at radius 3 is 3.00 bits per heavy atom. The minimum atomic E-state index is -1.05. The van der Waals surface area contributed by atoms with E-state index < -0.39 is 5.97 Å². The maximum Gasteiger partial charge on any atom is 0.356 e. The van der Waals surface area contributed by atoms with Crippen molar-refractivity contribution < 1.29 is 9.90 Å². The van der Waals surface area contributed by atoms with Crippen molar-refractivity contribution in [1.29, 1.82) is 0 Å². The fourth-order valence-corrected chi connectivity index (χ4v) is 1.27. The van der Waals surface area contributed by atoms with Gasteiger partial charge in [-0.05, 0) is 18.6 Å². The van der Waals surface area contributed by atoms with Crippen molar-refractivity contribution >= 4 is 17.3 Å². The third-order valence-electron chi connectivity index (χ3n) is 2.10. The van der Waals surface area contributed by atoms with E-state index in [1.807, 2.05) is 13.0 Å². The smallest absolute Gasteiger partial charge is 0.356 e. The number of aromatic carboxylic acids is 1. The fraction of sp³-hybridized carbons (Fsp3) is 0.111. The van der Waals surface area contributed by atoms with E-state index in [2.05, 4.69) is 4.98 Å². The van der Waals surface area contributed by atoms with Gasteiger partial charge in [0.15, 0.2) is 11.3 Å². The van der Waals surface area contributed by atoms with Crippen molar-refractivity contribution in [3.05, 3.63) is 29.7 Å². The number of imidazole rings is 1. The van der Waals surface area contributed by atoms with Crippen LogP contribution in [0.25, 0.3) is 5.65 Å². The third kappa shape index (κ3) is 1.10. The number of hydrogen-bond acceptors (Lipinski definition) is 3. The number of pyridine rings is 1. The van der Waals surface area contributed by atoms with E-state index in [1.165, 1.54) is 6.20 Å². The summed E-state index contributed by atoms with van der Waals surface area (Å²) < 4.78 is 1.60. The van der Waals surface area contributed by atoms with Crippen LogP contribution in [0.15, 0.2) is 18.5 Å². The first-order valence-corrected chi connectivity index (χ1v) is 4.06. The molecule has 0 aromatic carbocycles. The summed E-state index contributed by atoms with van der Waals surface area (Å²) in [5.41, 5.74) is 7.65. The number of carbonyl (C=O) groups is 1. The molecule has 0 aliphatic heterocycles. The molecule has 2 rings (SSSR count). The van der Waals surface area contributed by atoms with Gasteiger partial charge in [0, 0.05) is 12.4 Å². The van der Waals surface area contributed by atoms with Crippen molar-refractivity contribution in [2.24, 2.45) is 0 Å². The van der Waals surface area contributed by atoms with Crippen LogP contribution in [-0.4, -0.2) is 20.5 Å². The topological polar surface area (TPSA) is 80.6 Å². The predicted molar refractivity (Wildman–Crippen MR) is 51.3 cm³/mol. The molecule has 0 radical (unpaired) electrons. The Morgan fingerprint density at radius 2 is 2.36 bits per heavy atom. The summed E-state index contributed by atoms with van der Waals surface area (Å²) in [6, 6.07) is 1.82. The number of carboxylic acid groups (broad SMARTS) is 1. The molecule has 72 valence electrons. The molecule has 2 aromatic rings. The monoisotopic (exact) mass is 191 g/mol. The Hall–Kier alpha value is -2.04. The van der Waals surface area contributed by atoms with Gasteiger partial charge < -0.3 is 15.2 Å². The summed E-state index contributed by atoms with van der Waals surface area (Å²) in [5, 5.41) is 8.73. The van der Waals surface area contributed by atoms with Crippen molar-refractivity contribution in [3.8, 4) is 0 Å². The lowest BCUT2D eigenvalue weighted by Crippen LogP contribution is -1.96. The molecule has 0 saturated heterocycles. The van der Waals surface area contributed by atoms with E-state index in [9.17, 15) is 4.79 Å². The molecule has 2 aromatic heterocycles. The van der Waals surface area contributed by atoms with Crippen LogP contribution in [0.3, 0.4) is 0 Å². The van der Waals surface area contributed by atoms with E-state index >= 15 is 0 Å². The summed E-state index contributed by atoms with van der Waals surface area (Å²) in [6.45, 7) is 1.85. The van der Waals surface area contributed by atoms with Crippen LogP contribution in [-0.2, 0) is 0 Å². The summed E-state index contributed by atoms with van der Waals surface area (Å²) in [6.07, 6.45) is 3.17. The van der Waals surface area contributed by atoms with Crippen LogP contribution in [0.5, 0.6) is 0 Å². The molecule has 0 aliphatic carbocycles. The van der Waals surface area contributed by atoms with Gasteiger partial charge in [0.25, 0.3) is 0 Å². The maximum absolute atomic E-state index is 10.7. The van der Waals surface area contributed by atoms with E-state index in [4.69, 9.17) is 10.8 Å². The van der Waals surface area contributed by atoms with Crippen LogP contribution in [0, 0.1) is 6.92 Å². The lowest BCUT2D eigenvalue weighted by atomic mass is 10.2. The number of fused-ring (bicyclic) bond motifs is 1. The highest BCUT2D eigenvalue weighted by Crippen LogP contribution is 2.17. The zero-order chi connectivity index (χ0) is 10.3. The first-order valence-electron chi connectivity index (χ1n) is 4.06. The highest BCUT2D eigenvalue weighted by atomic mass is 16.4. The summed E-state index contributed by atoms with van der Waals surface area (Å²) in [7, 11) is 0. The summed E-state index contributed by atoms with van der Waals surface area (Å²) in [5.74, 6) is -1.05. The average molecular weight is 191 g/mol. The minimum absolute atomic E-state index is 0.00213. The molecule has 0 unspecified atom stereocenters. The molecule has 0 atom stereocenters. The molecule has 14 heavy (non-hydrogen) atoms. The van der Waals surface area contributed by atoms with Gasteiger partial charge in [-0.2, -0.15) is 0 Å². The molecule has 0 amide bonds. The van der Waals surface area contributed by atoms with Gasteiger partial charge in [-0.1, -0.05) is 0 Å². The van der Waals surface area contributed by atoms with Gasteiger partial charge in [-0.3, -0.25) is 0 Å². The molecule has 5 nitrogen and oxygen atoms in total. The number of rotatable bonds is 1. The lowest BCUT2D eigenvalue weighted by molar-refractivity contribution is 0.0691. The molecule has 0 saturated carbocycles. The fourth-order valence-electron chi connectivity index (χ4n) is 1.27. The van der Waals surface area contributed by atoms with E-state index in [0.717, 1.165) is 5.56 Å². The van der Waals surface area contributed by atoms with Crippen LogP contribution in [0.1, 0.15) is 16.1 Å². The first kappa shape index (κ1) is 8.55. The molecule has 0 bridgehead atoms. The van der Waals surface area contributed by atoms with Gasteiger partial charge in [0.05, 0.1) is 5.69 Å². The van der Waals surface area contributed by atoms with E-state index in [1.54, 1.807) is 10.6 Å². The van der Waals surface area contributed by atoms with Gasteiger partial charge in [0.1, 0.15) is 0 Å². The normalized spacial score (nSPS) is 10.6. The molecule has 0 spiro atoms. The number of hydrogen-bond donors (Lipinski definition) is 2. The Labute approximate surface area is 79.8 Å². The number of nitrogens with two attached hydrogens (primary N) is 1. The van der Waals surface area contributed by atoms with Crippen molar-refractivity contribution in [2.45, 2.75) is 6.92 Å². The van der Waals surface area contributed by atoms with Crippen LogP contribution < -0.4 is 5.73 Å². The standard InChI is InChI=1S/C9H9N3O2/c1-5-2-3-12-4-6(9(13)14)11-8(12)7(5)10/h2-4H,10H2,1H3,(H,13,14). The Balaban J connectivity index is 2.77. The number of aromatic nitrogens is 2. The molecule has 2 heterocycles. The Bertz CT molecular complexity index is 516. The van der Waals surface area contributed by atoms with Crippen molar-refractivity contribution in [2.75, 3.05) is 5.73 Å². The molecular weight excluding hydrogens is 182 g/mol. The minimum Gasteiger partial charge on any atom is -0.476 e. The second-order valence-corrected chi connectivity index (χ2v) is 3.07. The second-order valence-electron chi connectivity index (χ2n) is 3.07. The SMILES string of the molecule is Cc1ccn2cc(C(=O)O)nc2c1N. The number of nitrogens with zero attached hydrogens (tertiary/aromatic N) is 2. The Morgan fingerprint density at radius 1 is 1.64 bits per heavy atom. The number of nitrogen functional groups attached to an aromatic ring is 1. The predicted octanol–water partition coefficient (Wildman–Crippen LogP) is 0.923. The maximum atomic E-state index is 10.7. The molecule has 0 fully saturated rings. The van der Waals surface area contributed by atoms with Gasteiger partial charge in [-0.15, -0.1) is 0 Å². The number of anilines is 1. The highest BCUT2D eigenvalue weighted by Gasteiger charge is 2.10. The molecule has 5 heteroatoms. The Kier molecular flexibility index (Phi) is 1.67. The van der Waals surface area contributed by atoms with Gasteiger partial charge in [-0.25, -0.2) is 9.78 Å². The van der Waals surface area contributed by atoms with Crippen LogP contribution in [0.4, 0.5) is 5.69 Å². The lowest BCUT2D eigenvalue weighted by Gasteiger charge is -2.00. The third-order valence-corrected chi connectivity index (χ3v) is 2.10. The average Bonchev–Trinajstić information content (AvgIpc) is 2.56. The van der Waals surface area contributed by atoms with Gasteiger partial charge >= 0.3 is 5.97 Å². The summed E-state index contributed by atoms with van der Waals surface area (Å²) in [4.78, 5) is 14.6. The summed E-state index contributed by atoms with van der Waals surface area (Å²) >= 11 is 0. The zero-order valence-corrected chi connectivity index (χ0v) is 7.56. The van der Waals surface area contributed by atoms with Crippen molar-refractivity contribution in [1.82, 2.24) is 9.38 Å². The second kappa shape index (κ2) is 2.73. The molecule has 3 N–H and O–H groups in total. The van der Waals surface area contributed by atoms with Crippen LogP contribution >= 0.6 is 0 Å².